The van der Waals surface area contributed by atoms with Crippen LogP contribution >= 0.6 is 0 Å². The van der Waals surface area contributed by atoms with Gasteiger partial charge in [-0.05, 0) is 36.8 Å². The summed E-state index contributed by atoms with van der Waals surface area (Å²) in [5, 5.41) is 11.8. The first-order chi connectivity index (χ1) is 14.2. The lowest BCUT2D eigenvalue weighted by atomic mass is 10.1. The number of carbonyl (C=O) groups is 2. The number of benzene rings is 2. The van der Waals surface area contributed by atoms with Gasteiger partial charge in [0.2, 0.25) is 10.0 Å². The molecule has 1 amide bonds. The highest BCUT2D eigenvalue weighted by Crippen LogP contribution is 2.15. The number of rotatable bonds is 7. The first kappa shape index (κ1) is 21.2. The zero-order valence-corrected chi connectivity index (χ0v) is 16.9. The van der Waals surface area contributed by atoms with Gasteiger partial charge in [-0.1, -0.05) is 30.3 Å². The average Bonchev–Trinajstić information content (AvgIpc) is 3.22. The molecule has 156 valence electrons. The van der Waals surface area contributed by atoms with Gasteiger partial charge in [-0.25, -0.2) is 23.0 Å². The van der Waals surface area contributed by atoms with E-state index in [0.717, 1.165) is 5.69 Å². The number of nitrogens with one attached hydrogen (secondary N) is 1. The maximum absolute atomic E-state index is 12.2. The first-order valence-corrected chi connectivity index (χ1v) is 10.5. The molecule has 0 bridgehead atoms. The Morgan fingerprint density at radius 2 is 1.80 bits per heavy atom. The van der Waals surface area contributed by atoms with Crippen molar-refractivity contribution in [3.63, 3.8) is 0 Å². The van der Waals surface area contributed by atoms with Crippen molar-refractivity contribution in [3.05, 3.63) is 78.1 Å². The maximum Gasteiger partial charge on any atom is 0.341 e. The Hall–Kier alpha value is -3.50. The van der Waals surface area contributed by atoms with Crippen molar-refractivity contribution in [2.75, 3.05) is 6.61 Å². The summed E-state index contributed by atoms with van der Waals surface area (Å²) in [5.41, 5.74) is 1.68. The minimum atomic E-state index is -3.78. The van der Waals surface area contributed by atoms with Crippen LogP contribution in [-0.2, 0) is 19.6 Å². The van der Waals surface area contributed by atoms with E-state index in [0.29, 0.717) is 5.56 Å². The molecule has 9 nitrogen and oxygen atoms in total. The molecular weight excluding hydrogens is 408 g/mol. The van der Waals surface area contributed by atoms with Gasteiger partial charge in [0.25, 0.3) is 5.91 Å². The lowest BCUT2D eigenvalue weighted by Gasteiger charge is -2.14. The fraction of sp³-hybridized carbons (Fsp3) is 0.150. The highest BCUT2D eigenvalue weighted by Gasteiger charge is 2.16. The van der Waals surface area contributed by atoms with E-state index in [2.05, 4.69) is 10.4 Å². The summed E-state index contributed by atoms with van der Waals surface area (Å²) in [5.74, 6) is -1.17. The maximum atomic E-state index is 12.2. The second-order valence-corrected chi connectivity index (χ2v) is 8.05. The Morgan fingerprint density at radius 1 is 1.13 bits per heavy atom. The number of hydrogen-bond acceptors (Lipinski definition) is 6. The van der Waals surface area contributed by atoms with E-state index in [4.69, 9.17) is 9.88 Å². The standard InChI is InChI=1S/C20H20N4O5S/c1-14(15-7-9-18(10-8-15)30(21,27)28)23-19(25)13-29-20(26)16-11-22-24(12-16)17-5-3-2-4-6-17/h2-12,14H,13H2,1H3,(H,23,25)(H2,21,27,28). The summed E-state index contributed by atoms with van der Waals surface area (Å²) in [6.07, 6.45) is 2.88. The third-order valence-corrected chi connectivity index (χ3v) is 5.19. The van der Waals surface area contributed by atoms with Crippen LogP contribution in [0, 0.1) is 0 Å². The molecule has 3 rings (SSSR count). The van der Waals surface area contributed by atoms with Crippen LogP contribution in [0.5, 0.6) is 0 Å². The minimum absolute atomic E-state index is 0.0187. The molecule has 1 aromatic heterocycles. The Labute approximate surface area is 173 Å². The van der Waals surface area contributed by atoms with Gasteiger partial charge in [0.05, 0.1) is 28.4 Å². The smallest absolute Gasteiger partial charge is 0.341 e. The van der Waals surface area contributed by atoms with E-state index >= 15 is 0 Å². The molecule has 0 spiro atoms. The third-order valence-electron chi connectivity index (χ3n) is 4.26. The van der Waals surface area contributed by atoms with Gasteiger partial charge in [0.1, 0.15) is 0 Å². The Balaban J connectivity index is 1.53. The number of para-hydroxylation sites is 1. The van der Waals surface area contributed by atoms with Crippen molar-refractivity contribution in [2.45, 2.75) is 17.9 Å². The van der Waals surface area contributed by atoms with Crippen LogP contribution in [0.3, 0.4) is 0 Å². The Kier molecular flexibility index (Phi) is 6.28. The number of nitrogens with zero attached hydrogens (tertiary/aromatic N) is 2. The van der Waals surface area contributed by atoms with Crippen molar-refractivity contribution >= 4 is 21.9 Å². The van der Waals surface area contributed by atoms with Crippen LogP contribution in [0.15, 0.2) is 71.9 Å². The van der Waals surface area contributed by atoms with Gasteiger partial charge in [-0.3, -0.25) is 4.79 Å². The summed E-state index contributed by atoms with van der Waals surface area (Å²) in [6, 6.07) is 14.6. The number of amides is 1. The van der Waals surface area contributed by atoms with E-state index in [9.17, 15) is 18.0 Å². The molecule has 10 heteroatoms. The van der Waals surface area contributed by atoms with Gasteiger partial charge in [0.15, 0.2) is 6.61 Å². The van der Waals surface area contributed by atoms with Crippen LogP contribution < -0.4 is 10.5 Å². The van der Waals surface area contributed by atoms with Crippen LogP contribution in [-0.4, -0.2) is 36.7 Å². The van der Waals surface area contributed by atoms with E-state index in [1.807, 2.05) is 30.3 Å². The summed E-state index contributed by atoms with van der Waals surface area (Å²) in [7, 11) is -3.78. The Morgan fingerprint density at radius 3 is 2.43 bits per heavy atom. The molecular formula is C20H20N4O5S. The fourth-order valence-electron chi connectivity index (χ4n) is 2.68. The van der Waals surface area contributed by atoms with E-state index < -0.39 is 34.5 Å². The van der Waals surface area contributed by atoms with E-state index in [1.54, 1.807) is 19.1 Å². The predicted molar refractivity (Wildman–Crippen MR) is 108 cm³/mol. The number of esters is 1. The Bertz CT molecular complexity index is 1140. The normalized spacial score (nSPS) is 12.2. The summed E-state index contributed by atoms with van der Waals surface area (Å²) in [4.78, 5) is 24.2. The topological polar surface area (TPSA) is 133 Å². The lowest BCUT2D eigenvalue weighted by Crippen LogP contribution is -2.31. The molecule has 0 fully saturated rings. The molecule has 3 aromatic rings. The SMILES string of the molecule is CC(NC(=O)COC(=O)c1cnn(-c2ccccc2)c1)c1ccc(S(N)(=O)=O)cc1. The zero-order valence-electron chi connectivity index (χ0n) is 16.1. The number of sulfonamides is 1. The van der Waals surface area contributed by atoms with Crippen molar-refractivity contribution in [1.29, 1.82) is 0 Å². The molecule has 0 radical (unpaired) electrons. The number of primary sulfonamides is 1. The molecule has 1 unspecified atom stereocenters. The number of nitrogens with two attached hydrogens (primary N) is 1. The fourth-order valence-corrected chi connectivity index (χ4v) is 3.19. The third kappa shape index (κ3) is 5.31. The van der Waals surface area contributed by atoms with E-state index in [-0.39, 0.29) is 10.5 Å². The summed E-state index contributed by atoms with van der Waals surface area (Å²) >= 11 is 0. The number of hydrogen-bond donors (Lipinski definition) is 2. The summed E-state index contributed by atoms with van der Waals surface area (Å²) in [6.45, 7) is 1.25. The molecule has 3 N–H and O–H groups in total. The van der Waals surface area contributed by atoms with Gasteiger partial charge >= 0.3 is 5.97 Å². The van der Waals surface area contributed by atoms with Gasteiger partial charge in [-0.2, -0.15) is 5.10 Å². The first-order valence-electron chi connectivity index (χ1n) is 8.93. The number of carbonyl (C=O) groups excluding carboxylic acids is 2. The van der Waals surface area contributed by atoms with Crippen LogP contribution in [0.4, 0.5) is 0 Å². The molecule has 30 heavy (non-hydrogen) atoms. The molecule has 1 atom stereocenters. The van der Waals surface area contributed by atoms with Crippen LogP contribution in [0.2, 0.25) is 0 Å². The van der Waals surface area contributed by atoms with Crippen molar-refractivity contribution in [3.8, 4) is 5.69 Å². The summed E-state index contributed by atoms with van der Waals surface area (Å²) < 4.78 is 29.2. The highest BCUT2D eigenvalue weighted by molar-refractivity contribution is 7.89. The lowest BCUT2D eigenvalue weighted by molar-refractivity contribution is -0.124. The van der Waals surface area contributed by atoms with Crippen molar-refractivity contribution < 1.29 is 22.7 Å². The second-order valence-electron chi connectivity index (χ2n) is 6.49. The number of ether oxygens (including phenoxy) is 1. The number of aromatic nitrogens is 2. The molecule has 0 saturated heterocycles. The monoisotopic (exact) mass is 428 g/mol. The highest BCUT2D eigenvalue weighted by atomic mass is 32.2. The predicted octanol–water partition coefficient (Wildman–Crippen LogP) is 1.55. The molecule has 0 aliphatic rings. The zero-order chi connectivity index (χ0) is 21.7. The second kappa shape index (κ2) is 8.89. The molecule has 0 saturated carbocycles. The molecule has 2 aromatic carbocycles. The molecule has 1 heterocycles. The largest absolute Gasteiger partial charge is 0.452 e. The molecule has 0 aliphatic heterocycles. The molecule has 0 aliphatic carbocycles. The van der Waals surface area contributed by atoms with E-state index in [1.165, 1.54) is 29.2 Å². The quantitative estimate of drug-likeness (QED) is 0.549. The van der Waals surface area contributed by atoms with Crippen molar-refractivity contribution in [2.24, 2.45) is 5.14 Å². The minimum Gasteiger partial charge on any atom is -0.452 e. The van der Waals surface area contributed by atoms with Gasteiger partial charge in [-0.15, -0.1) is 0 Å². The van der Waals surface area contributed by atoms with Crippen LogP contribution in [0.25, 0.3) is 5.69 Å². The average molecular weight is 428 g/mol. The van der Waals surface area contributed by atoms with Crippen LogP contribution in [0.1, 0.15) is 28.9 Å². The van der Waals surface area contributed by atoms with Gasteiger partial charge < -0.3 is 10.1 Å². The van der Waals surface area contributed by atoms with Crippen molar-refractivity contribution in [1.82, 2.24) is 15.1 Å². The van der Waals surface area contributed by atoms with Gasteiger partial charge in [0, 0.05) is 6.20 Å².